The number of hydrogen-bond donors (Lipinski definition) is 1. The van der Waals surface area contributed by atoms with Crippen LogP contribution in [0, 0.1) is 5.82 Å². The fourth-order valence-electron chi connectivity index (χ4n) is 2.19. The number of hydrogen-bond acceptors (Lipinski definition) is 4. The second kappa shape index (κ2) is 6.70. The highest BCUT2D eigenvalue weighted by molar-refractivity contribution is 8.14. The summed E-state index contributed by atoms with van der Waals surface area (Å²) in [5.41, 5.74) is 1.73. The van der Waals surface area contributed by atoms with Crippen molar-refractivity contribution in [1.82, 2.24) is 10.3 Å². The Hall–Kier alpha value is -2.21. The number of amidine groups is 1. The second-order valence-corrected chi connectivity index (χ2v) is 5.91. The van der Waals surface area contributed by atoms with Gasteiger partial charge in [-0.15, -0.1) is 0 Å². The topological polar surface area (TPSA) is 54.4 Å². The number of benzene rings is 1. The Morgan fingerprint density at radius 2 is 2.14 bits per heavy atom. The molecule has 4 nitrogen and oxygen atoms in total. The van der Waals surface area contributed by atoms with Crippen LogP contribution in [0.4, 0.5) is 4.39 Å². The predicted molar refractivity (Wildman–Crippen MR) is 85.1 cm³/mol. The van der Waals surface area contributed by atoms with Gasteiger partial charge in [0.2, 0.25) is 5.91 Å². The number of halogens is 1. The molecule has 1 aliphatic heterocycles. The normalized spacial score (nSPS) is 17.1. The van der Waals surface area contributed by atoms with Gasteiger partial charge in [0.15, 0.2) is 5.17 Å². The van der Waals surface area contributed by atoms with E-state index >= 15 is 0 Å². The molecule has 2 aromatic rings. The van der Waals surface area contributed by atoms with Crippen molar-refractivity contribution in [1.29, 1.82) is 0 Å². The largest absolute Gasteiger partial charge is 0.305 e. The number of aliphatic imine (C=N–C) groups is 1. The molecule has 1 amide bonds. The maximum Gasteiger partial charge on any atom is 0.230 e. The number of carbonyl (C=O) groups excluding carboxylic acids is 1. The van der Waals surface area contributed by atoms with Gasteiger partial charge in [0, 0.05) is 18.1 Å². The lowest BCUT2D eigenvalue weighted by Gasteiger charge is -2.04. The summed E-state index contributed by atoms with van der Waals surface area (Å²) < 4.78 is 13.1. The van der Waals surface area contributed by atoms with E-state index < -0.39 is 0 Å². The van der Waals surface area contributed by atoms with E-state index in [0.29, 0.717) is 10.7 Å². The van der Waals surface area contributed by atoms with E-state index in [1.807, 2.05) is 12.1 Å². The second-order valence-electron chi connectivity index (χ2n) is 4.90. The minimum absolute atomic E-state index is 0.0393. The van der Waals surface area contributed by atoms with E-state index in [4.69, 9.17) is 0 Å². The smallest absolute Gasteiger partial charge is 0.230 e. The van der Waals surface area contributed by atoms with Crippen molar-refractivity contribution in [2.45, 2.75) is 12.5 Å². The number of nitrogens with one attached hydrogen (secondary N) is 1. The van der Waals surface area contributed by atoms with Gasteiger partial charge in [-0.1, -0.05) is 23.9 Å². The van der Waals surface area contributed by atoms with Crippen LogP contribution in [-0.2, 0) is 11.2 Å². The average Bonchev–Trinajstić information content (AvgIpc) is 2.96. The molecule has 1 atom stereocenters. The highest BCUT2D eigenvalue weighted by atomic mass is 32.2. The summed E-state index contributed by atoms with van der Waals surface area (Å²) in [6.07, 6.45) is 3.60. The molecule has 1 aliphatic rings. The van der Waals surface area contributed by atoms with Gasteiger partial charge >= 0.3 is 0 Å². The van der Waals surface area contributed by atoms with Gasteiger partial charge in [0.25, 0.3) is 0 Å². The van der Waals surface area contributed by atoms with Crippen LogP contribution in [0.3, 0.4) is 0 Å². The summed E-state index contributed by atoms with van der Waals surface area (Å²) in [5, 5.41) is 3.40. The van der Waals surface area contributed by atoms with E-state index in [1.165, 1.54) is 23.9 Å². The van der Waals surface area contributed by atoms with Gasteiger partial charge < -0.3 is 5.32 Å². The molecular weight excluding hydrogens is 301 g/mol. The molecule has 22 heavy (non-hydrogen) atoms. The molecule has 1 N–H and O–H groups in total. The zero-order chi connectivity index (χ0) is 15.4. The van der Waals surface area contributed by atoms with Crippen LogP contribution in [0.25, 0.3) is 0 Å². The summed E-state index contributed by atoms with van der Waals surface area (Å²) in [5.74, 6) is 0.266. The third kappa shape index (κ3) is 3.71. The van der Waals surface area contributed by atoms with E-state index in [0.717, 1.165) is 11.3 Å². The molecule has 0 spiro atoms. The summed E-state index contributed by atoms with van der Waals surface area (Å²) >= 11 is 1.51. The van der Waals surface area contributed by atoms with Crippen LogP contribution >= 0.6 is 11.8 Å². The van der Waals surface area contributed by atoms with Gasteiger partial charge in [0.05, 0.1) is 12.5 Å². The van der Waals surface area contributed by atoms with Crippen LogP contribution in [0.1, 0.15) is 17.2 Å². The number of pyridine rings is 1. The zero-order valence-electron chi connectivity index (χ0n) is 11.7. The number of amides is 1. The summed E-state index contributed by atoms with van der Waals surface area (Å²) in [4.78, 5) is 20.5. The quantitative estimate of drug-likeness (QED) is 0.947. The molecule has 0 fully saturated rings. The van der Waals surface area contributed by atoms with E-state index in [9.17, 15) is 9.18 Å². The van der Waals surface area contributed by atoms with Crippen LogP contribution < -0.4 is 5.32 Å². The Morgan fingerprint density at radius 3 is 2.91 bits per heavy atom. The van der Waals surface area contributed by atoms with Crippen molar-refractivity contribution in [3.05, 3.63) is 65.7 Å². The van der Waals surface area contributed by atoms with Crippen molar-refractivity contribution in [3.63, 3.8) is 0 Å². The Kier molecular flexibility index (Phi) is 4.48. The van der Waals surface area contributed by atoms with Crippen LogP contribution in [0.15, 0.2) is 53.8 Å². The lowest BCUT2D eigenvalue weighted by atomic mass is 10.1. The monoisotopic (exact) mass is 315 g/mol. The standard InChI is InChI=1S/C16H14FN3OS/c17-13-3-1-2-11(8-13)9-15(21)20-16-19-14(10-22-16)12-4-6-18-7-5-12/h1-8,14H,9-10H2,(H,19,20,21). The maximum atomic E-state index is 13.1. The molecule has 112 valence electrons. The lowest BCUT2D eigenvalue weighted by Crippen LogP contribution is -2.28. The summed E-state index contributed by atoms with van der Waals surface area (Å²) in [6, 6.07) is 9.93. The molecule has 1 aromatic heterocycles. The molecule has 1 aromatic carbocycles. The number of rotatable bonds is 3. The third-order valence-electron chi connectivity index (χ3n) is 3.24. The molecular formula is C16H14FN3OS. The Morgan fingerprint density at radius 1 is 1.32 bits per heavy atom. The van der Waals surface area contributed by atoms with Crippen molar-refractivity contribution in [2.75, 3.05) is 5.75 Å². The average molecular weight is 315 g/mol. The SMILES string of the molecule is O=C(Cc1cccc(F)c1)NC1=NC(c2ccncc2)CS1. The molecule has 0 aliphatic carbocycles. The minimum Gasteiger partial charge on any atom is -0.305 e. The van der Waals surface area contributed by atoms with Crippen LogP contribution in [0.2, 0.25) is 0 Å². The first-order valence-corrected chi connectivity index (χ1v) is 7.84. The number of thioether (sulfide) groups is 1. The number of nitrogens with zero attached hydrogens (tertiary/aromatic N) is 2. The van der Waals surface area contributed by atoms with Crippen molar-refractivity contribution in [3.8, 4) is 0 Å². The van der Waals surface area contributed by atoms with Crippen LogP contribution in [-0.4, -0.2) is 21.8 Å². The van der Waals surface area contributed by atoms with Gasteiger partial charge in [-0.2, -0.15) is 0 Å². The number of aromatic nitrogens is 1. The molecule has 0 saturated carbocycles. The molecule has 0 bridgehead atoms. The van der Waals surface area contributed by atoms with Crippen molar-refractivity contribution in [2.24, 2.45) is 4.99 Å². The molecule has 0 radical (unpaired) electrons. The van der Waals surface area contributed by atoms with Crippen molar-refractivity contribution < 1.29 is 9.18 Å². The molecule has 3 rings (SSSR count). The Bertz CT molecular complexity index is 706. The first kappa shape index (κ1) is 14.7. The fraction of sp³-hybridized carbons (Fsp3) is 0.188. The number of carbonyl (C=O) groups is 1. The van der Waals surface area contributed by atoms with E-state index in [2.05, 4.69) is 15.3 Å². The van der Waals surface area contributed by atoms with Crippen LogP contribution in [0.5, 0.6) is 0 Å². The molecule has 2 heterocycles. The third-order valence-corrected chi connectivity index (χ3v) is 4.21. The van der Waals surface area contributed by atoms with Gasteiger partial charge in [0.1, 0.15) is 5.82 Å². The first-order valence-electron chi connectivity index (χ1n) is 6.85. The Balaban J connectivity index is 1.60. The predicted octanol–water partition coefficient (Wildman–Crippen LogP) is 2.72. The molecule has 1 unspecified atom stereocenters. The summed E-state index contributed by atoms with van der Waals surface area (Å²) in [6.45, 7) is 0. The molecule has 6 heteroatoms. The minimum atomic E-state index is -0.337. The van der Waals surface area contributed by atoms with Gasteiger partial charge in [-0.3, -0.25) is 14.8 Å². The van der Waals surface area contributed by atoms with E-state index in [1.54, 1.807) is 24.5 Å². The molecule has 0 saturated heterocycles. The maximum absolute atomic E-state index is 13.1. The van der Waals surface area contributed by atoms with Crippen molar-refractivity contribution >= 4 is 22.8 Å². The Labute approximate surface area is 131 Å². The highest BCUT2D eigenvalue weighted by Gasteiger charge is 2.21. The van der Waals surface area contributed by atoms with E-state index in [-0.39, 0.29) is 24.2 Å². The fourth-order valence-corrected chi connectivity index (χ4v) is 3.16. The lowest BCUT2D eigenvalue weighted by molar-refractivity contribution is -0.119. The highest BCUT2D eigenvalue weighted by Crippen LogP contribution is 2.29. The van der Waals surface area contributed by atoms with Gasteiger partial charge in [-0.05, 0) is 35.4 Å². The van der Waals surface area contributed by atoms with Gasteiger partial charge in [-0.25, -0.2) is 4.39 Å². The summed E-state index contributed by atoms with van der Waals surface area (Å²) in [7, 11) is 0. The zero-order valence-corrected chi connectivity index (χ0v) is 12.5. The first-order chi connectivity index (χ1) is 10.7.